The molecule has 2 aromatic carbocycles. The Morgan fingerprint density at radius 1 is 1.14 bits per heavy atom. The predicted octanol–water partition coefficient (Wildman–Crippen LogP) is 3.71. The van der Waals surface area contributed by atoms with Gasteiger partial charge in [-0.2, -0.15) is 0 Å². The second kappa shape index (κ2) is 7.56. The fraction of sp³-hybridized carbons (Fsp3) is 0.300. The number of nitrogens with one attached hydrogen (secondary N) is 1. The first-order valence-electron chi connectivity index (χ1n) is 8.86. The quantitative estimate of drug-likeness (QED) is 0.572. The molecule has 1 atom stereocenters. The highest BCUT2D eigenvalue weighted by molar-refractivity contribution is 7.99. The van der Waals surface area contributed by atoms with Crippen LogP contribution in [0.2, 0.25) is 5.02 Å². The standard InChI is InChI=1S/C20H19ClN2O4S/c1-20(11-13-2-7-16-17(10-13)27-12-26-16)18(24)23(19(25)22-20)8-9-28-15-5-3-14(21)4-6-15/h2-7,10H,8-9,11-12H2,1H3,(H,22,25)/t20-/m0/s1. The Balaban J connectivity index is 1.39. The highest BCUT2D eigenvalue weighted by Crippen LogP contribution is 2.34. The normalized spacial score (nSPS) is 20.6. The highest BCUT2D eigenvalue weighted by Gasteiger charge is 2.47. The number of rotatable bonds is 6. The van der Waals surface area contributed by atoms with E-state index in [1.165, 1.54) is 4.90 Å². The van der Waals surface area contributed by atoms with Gasteiger partial charge in [0.1, 0.15) is 5.54 Å². The molecule has 1 saturated heterocycles. The summed E-state index contributed by atoms with van der Waals surface area (Å²) in [6.07, 6.45) is 0.384. The average molecular weight is 419 g/mol. The smallest absolute Gasteiger partial charge is 0.325 e. The van der Waals surface area contributed by atoms with Gasteiger partial charge < -0.3 is 14.8 Å². The topological polar surface area (TPSA) is 67.9 Å². The van der Waals surface area contributed by atoms with Crippen molar-refractivity contribution in [3.05, 3.63) is 53.1 Å². The van der Waals surface area contributed by atoms with E-state index in [4.69, 9.17) is 21.1 Å². The van der Waals surface area contributed by atoms with Crippen molar-refractivity contribution in [2.45, 2.75) is 23.8 Å². The molecule has 0 aliphatic carbocycles. The van der Waals surface area contributed by atoms with Crippen LogP contribution in [-0.4, -0.2) is 41.5 Å². The van der Waals surface area contributed by atoms with Gasteiger partial charge >= 0.3 is 6.03 Å². The van der Waals surface area contributed by atoms with Crippen molar-refractivity contribution >= 4 is 35.3 Å². The molecule has 4 rings (SSSR count). The first-order chi connectivity index (χ1) is 13.4. The highest BCUT2D eigenvalue weighted by atomic mass is 35.5. The first kappa shape index (κ1) is 19.0. The van der Waals surface area contributed by atoms with Crippen molar-refractivity contribution in [1.29, 1.82) is 0 Å². The molecule has 0 spiro atoms. The number of thioether (sulfide) groups is 1. The number of ether oxygens (including phenoxy) is 2. The average Bonchev–Trinajstić information content (AvgIpc) is 3.21. The molecule has 8 heteroatoms. The maximum atomic E-state index is 12.9. The molecule has 2 aliphatic heterocycles. The molecule has 2 aromatic rings. The molecule has 0 aromatic heterocycles. The van der Waals surface area contributed by atoms with Crippen LogP contribution in [0.25, 0.3) is 0 Å². The van der Waals surface area contributed by atoms with Crippen molar-refractivity contribution in [3.8, 4) is 11.5 Å². The Hall–Kier alpha value is -2.38. The molecule has 2 heterocycles. The maximum Gasteiger partial charge on any atom is 0.325 e. The van der Waals surface area contributed by atoms with Gasteiger partial charge in [0.25, 0.3) is 5.91 Å². The Morgan fingerprint density at radius 3 is 2.68 bits per heavy atom. The van der Waals surface area contributed by atoms with Crippen LogP contribution in [0.5, 0.6) is 11.5 Å². The van der Waals surface area contributed by atoms with Gasteiger partial charge in [-0.1, -0.05) is 17.7 Å². The van der Waals surface area contributed by atoms with Crippen molar-refractivity contribution in [1.82, 2.24) is 10.2 Å². The minimum atomic E-state index is -0.976. The van der Waals surface area contributed by atoms with Crippen molar-refractivity contribution in [2.75, 3.05) is 19.1 Å². The summed E-state index contributed by atoms with van der Waals surface area (Å²) in [4.78, 5) is 27.6. The molecule has 1 N–H and O–H groups in total. The maximum absolute atomic E-state index is 12.9. The van der Waals surface area contributed by atoms with Crippen LogP contribution in [0.15, 0.2) is 47.4 Å². The minimum Gasteiger partial charge on any atom is -0.454 e. The number of halogens is 1. The van der Waals surface area contributed by atoms with Crippen molar-refractivity contribution < 1.29 is 19.1 Å². The number of hydrogen-bond donors (Lipinski definition) is 1. The SMILES string of the molecule is C[C@@]1(Cc2ccc3c(c2)OCO3)NC(=O)N(CCSc2ccc(Cl)cc2)C1=O. The lowest BCUT2D eigenvalue weighted by atomic mass is 9.92. The van der Waals surface area contributed by atoms with Gasteiger partial charge in [-0.05, 0) is 48.9 Å². The Kier molecular flexibility index (Phi) is 5.12. The zero-order valence-electron chi connectivity index (χ0n) is 15.2. The molecule has 146 valence electrons. The number of carbonyl (C=O) groups is 2. The first-order valence-corrected chi connectivity index (χ1v) is 10.2. The lowest BCUT2D eigenvalue weighted by Gasteiger charge is -2.22. The summed E-state index contributed by atoms with van der Waals surface area (Å²) in [7, 11) is 0. The number of amides is 3. The van der Waals surface area contributed by atoms with Gasteiger partial charge in [-0.15, -0.1) is 11.8 Å². The molecule has 28 heavy (non-hydrogen) atoms. The van der Waals surface area contributed by atoms with Crippen molar-refractivity contribution in [3.63, 3.8) is 0 Å². The van der Waals surface area contributed by atoms with Gasteiger partial charge in [-0.3, -0.25) is 9.69 Å². The second-order valence-electron chi connectivity index (χ2n) is 6.89. The molecule has 0 unspecified atom stereocenters. The molecule has 6 nitrogen and oxygen atoms in total. The Morgan fingerprint density at radius 2 is 1.89 bits per heavy atom. The number of fused-ring (bicyclic) bond motifs is 1. The van der Waals surface area contributed by atoms with Gasteiger partial charge in [-0.25, -0.2) is 4.79 Å². The van der Waals surface area contributed by atoms with E-state index >= 15 is 0 Å². The Labute approximate surface area is 172 Å². The fourth-order valence-corrected chi connectivity index (χ4v) is 4.28. The summed E-state index contributed by atoms with van der Waals surface area (Å²) in [6.45, 7) is 2.30. The molecule has 0 radical (unpaired) electrons. The molecule has 3 amide bonds. The van der Waals surface area contributed by atoms with E-state index in [9.17, 15) is 9.59 Å². The van der Waals surface area contributed by atoms with Crippen LogP contribution in [-0.2, 0) is 11.2 Å². The molecule has 1 fully saturated rings. The van der Waals surface area contributed by atoms with Gasteiger partial charge in [0, 0.05) is 28.6 Å². The van der Waals surface area contributed by atoms with Crippen molar-refractivity contribution in [2.24, 2.45) is 0 Å². The summed E-state index contributed by atoms with van der Waals surface area (Å²) >= 11 is 7.46. The molecule has 2 aliphatic rings. The lowest BCUT2D eigenvalue weighted by molar-refractivity contribution is -0.130. The zero-order chi connectivity index (χ0) is 19.7. The van der Waals surface area contributed by atoms with Gasteiger partial charge in [0.05, 0.1) is 0 Å². The number of imide groups is 1. The van der Waals surface area contributed by atoms with E-state index in [-0.39, 0.29) is 18.7 Å². The number of urea groups is 1. The number of hydrogen-bond acceptors (Lipinski definition) is 5. The summed E-state index contributed by atoms with van der Waals surface area (Å²) in [5.41, 5.74) is -0.0757. The number of nitrogens with zero attached hydrogens (tertiary/aromatic N) is 1. The van der Waals surface area contributed by atoms with Crippen LogP contribution in [0, 0.1) is 0 Å². The van der Waals surface area contributed by atoms with E-state index in [1.54, 1.807) is 18.7 Å². The van der Waals surface area contributed by atoms with E-state index in [0.29, 0.717) is 35.2 Å². The Bertz CT molecular complexity index is 921. The molecular formula is C20H19ClN2O4S. The van der Waals surface area contributed by atoms with E-state index in [2.05, 4.69) is 5.32 Å². The third-order valence-corrected chi connectivity index (χ3v) is 5.98. The van der Waals surface area contributed by atoms with Gasteiger partial charge in [0.15, 0.2) is 11.5 Å². The molecular weight excluding hydrogens is 400 g/mol. The van der Waals surface area contributed by atoms with Crippen LogP contribution < -0.4 is 14.8 Å². The van der Waals surface area contributed by atoms with Crippen LogP contribution in [0.4, 0.5) is 4.79 Å². The largest absolute Gasteiger partial charge is 0.454 e. The predicted molar refractivity (Wildman–Crippen MR) is 107 cm³/mol. The van der Waals surface area contributed by atoms with E-state index < -0.39 is 5.54 Å². The van der Waals surface area contributed by atoms with Crippen LogP contribution in [0.3, 0.4) is 0 Å². The summed E-state index contributed by atoms with van der Waals surface area (Å²) in [6, 6.07) is 12.7. The van der Waals surface area contributed by atoms with Crippen LogP contribution in [0.1, 0.15) is 12.5 Å². The summed E-state index contributed by atoms with van der Waals surface area (Å²) < 4.78 is 10.7. The fourth-order valence-electron chi connectivity index (χ4n) is 3.31. The molecule has 0 bridgehead atoms. The number of benzene rings is 2. The van der Waals surface area contributed by atoms with E-state index in [1.807, 2.05) is 42.5 Å². The minimum absolute atomic E-state index is 0.199. The van der Waals surface area contributed by atoms with E-state index in [0.717, 1.165) is 10.5 Å². The van der Waals surface area contributed by atoms with Crippen LogP contribution >= 0.6 is 23.4 Å². The summed E-state index contributed by atoms with van der Waals surface area (Å²) in [5.74, 6) is 1.75. The molecule has 0 saturated carbocycles. The summed E-state index contributed by atoms with van der Waals surface area (Å²) in [5, 5.41) is 3.52. The third-order valence-electron chi connectivity index (χ3n) is 4.74. The third kappa shape index (κ3) is 3.77. The second-order valence-corrected chi connectivity index (χ2v) is 8.49. The lowest BCUT2D eigenvalue weighted by Crippen LogP contribution is -2.46. The number of carbonyl (C=O) groups excluding carboxylic acids is 2. The van der Waals surface area contributed by atoms with Gasteiger partial charge in [0.2, 0.25) is 6.79 Å². The zero-order valence-corrected chi connectivity index (χ0v) is 16.8. The monoisotopic (exact) mass is 418 g/mol.